The Labute approximate surface area is 81.9 Å². The van der Waals surface area contributed by atoms with Gasteiger partial charge in [-0.25, -0.2) is 0 Å². The Morgan fingerprint density at radius 3 is 2.00 bits per heavy atom. The monoisotopic (exact) mass is 185 g/mol. The van der Waals surface area contributed by atoms with E-state index in [0.29, 0.717) is 0 Å². The lowest BCUT2D eigenvalue weighted by Gasteiger charge is -2.25. The van der Waals surface area contributed by atoms with Crippen molar-refractivity contribution in [3.63, 3.8) is 0 Å². The van der Waals surface area contributed by atoms with E-state index in [1.807, 2.05) is 13.8 Å². The number of carbonyl (C=O) groups is 1. The number of primary amides is 1. The highest BCUT2D eigenvalue weighted by molar-refractivity contribution is 5.76. The molecule has 1 fully saturated rings. The summed E-state index contributed by atoms with van der Waals surface area (Å²) in [5, 5.41) is 0. The number of rotatable bonds is 2. The molecule has 0 atom stereocenters. The van der Waals surface area contributed by atoms with Crippen LogP contribution in [0.5, 0.6) is 0 Å². The first-order chi connectivity index (χ1) is 6.24. The summed E-state index contributed by atoms with van der Waals surface area (Å²) in [5.41, 5.74) is 5.22. The Kier molecular flexibility index (Phi) is 6.65. The second kappa shape index (κ2) is 6.93. The second-order valence-electron chi connectivity index (χ2n) is 3.53. The normalized spacial score (nSPS) is 27.3. The molecule has 0 unspecified atom stereocenters. The minimum absolute atomic E-state index is 0.0976. The van der Waals surface area contributed by atoms with Crippen LogP contribution in [0.4, 0.5) is 0 Å². The van der Waals surface area contributed by atoms with E-state index in [1.165, 1.54) is 19.3 Å². The molecule has 1 rings (SSSR count). The van der Waals surface area contributed by atoms with Gasteiger partial charge in [0.2, 0.25) is 5.91 Å². The Hall–Kier alpha value is -0.530. The molecule has 0 spiro atoms. The average Bonchev–Trinajstić information content (AvgIpc) is 2.21. The van der Waals surface area contributed by atoms with Gasteiger partial charge in [0.15, 0.2) is 0 Å². The first-order valence-corrected chi connectivity index (χ1v) is 5.53. The van der Waals surface area contributed by atoms with Crippen molar-refractivity contribution in [2.24, 2.45) is 17.6 Å². The number of amides is 1. The van der Waals surface area contributed by atoms with Gasteiger partial charge in [-0.05, 0) is 31.6 Å². The van der Waals surface area contributed by atoms with Crippen molar-refractivity contribution in [3.05, 3.63) is 0 Å². The molecule has 1 aliphatic rings. The molecule has 1 amide bonds. The summed E-state index contributed by atoms with van der Waals surface area (Å²) >= 11 is 0. The van der Waals surface area contributed by atoms with Crippen LogP contribution in [0, 0.1) is 11.8 Å². The van der Waals surface area contributed by atoms with Crippen molar-refractivity contribution in [2.75, 3.05) is 0 Å². The third-order valence-corrected chi connectivity index (χ3v) is 2.83. The lowest BCUT2D eigenvalue weighted by atomic mass is 9.81. The summed E-state index contributed by atoms with van der Waals surface area (Å²) < 4.78 is 0. The summed E-state index contributed by atoms with van der Waals surface area (Å²) in [5.74, 6) is 0.933. The fraction of sp³-hybridized carbons (Fsp3) is 0.909. The molecule has 0 aliphatic heterocycles. The zero-order valence-corrected chi connectivity index (χ0v) is 9.18. The highest BCUT2D eigenvalue weighted by atomic mass is 16.1. The smallest absolute Gasteiger partial charge is 0.220 e. The van der Waals surface area contributed by atoms with Crippen LogP contribution in [0.25, 0.3) is 0 Å². The average molecular weight is 185 g/mol. The van der Waals surface area contributed by atoms with E-state index in [1.54, 1.807) is 0 Å². The predicted octanol–water partition coefficient (Wildman–Crippen LogP) is 2.71. The molecule has 2 heteroatoms. The van der Waals surface area contributed by atoms with Gasteiger partial charge >= 0.3 is 0 Å². The minimum Gasteiger partial charge on any atom is -0.369 e. The van der Waals surface area contributed by atoms with Crippen LogP contribution in [0.2, 0.25) is 0 Å². The maximum absolute atomic E-state index is 10.8. The highest BCUT2D eigenvalue weighted by Gasteiger charge is 2.23. The van der Waals surface area contributed by atoms with E-state index in [2.05, 4.69) is 6.92 Å². The first-order valence-electron chi connectivity index (χ1n) is 5.53. The third kappa shape index (κ3) is 4.30. The van der Waals surface area contributed by atoms with Gasteiger partial charge in [0, 0.05) is 5.92 Å². The molecule has 0 aromatic carbocycles. The molecular formula is C11H23NO. The first kappa shape index (κ1) is 12.5. The van der Waals surface area contributed by atoms with Crippen molar-refractivity contribution in [1.82, 2.24) is 0 Å². The van der Waals surface area contributed by atoms with Crippen molar-refractivity contribution in [3.8, 4) is 0 Å². The van der Waals surface area contributed by atoms with Crippen LogP contribution >= 0.6 is 0 Å². The van der Waals surface area contributed by atoms with Crippen LogP contribution in [0.15, 0.2) is 0 Å². The van der Waals surface area contributed by atoms with Gasteiger partial charge in [-0.1, -0.05) is 27.2 Å². The SMILES string of the molecule is CC.CCC1CCC(C(N)=O)CC1. The van der Waals surface area contributed by atoms with Crippen LogP contribution in [-0.2, 0) is 4.79 Å². The van der Waals surface area contributed by atoms with E-state index < -0.39 is 0 Å². The molecular weight excluding hydrogens is 162 g/mol. The maximum atomic E-state index is 10.8. The van der Waals surface area contributed by atoms with E-state index >= 15 is 0 Å². The topological polar surface area (TPSA) is 43.1 Å². The molecule has 1 saturated carbocycles. The van der Waals surface area contributed by atoms with E-state index in [0.717, 1.165) is 18.8 Å². The molecule has 0 radical (unpaired) electrons. The summed E-state index contributed by atoms with van der Waals surface area (Å²) in [6, 6.07) is 0. The van der Waals surface area contributed by atoms with Crippen molar-refractivity contribution < 1.29 is 4.79 Å². The maximum Gasteiger partial charge on any atom is 0.220 e. The minimum atomic E-state index is -0.0976. The van der Waals surface area contributed by atoms with E-state index in [9.17, 15) is 4.79 Å². The summed E-state index contributed by atoms with van der Waals surface area (Å²) in [7, 11) is 0. The van der Waals surface area contributed by atoms with Crippen LogP contribution in [-0.4, -0.2) is 5.91 Å². The van der Waals surface area contributed by atoms with Gasteiger partial charge < -0.3 is 5.73 Å². The quantitative estimate of drug-likeness (QED) is 0.706. The summed E-state index contributed by atoms with van der Waals surface area (Å²) in [6.45, 7) is 6.22. The van der Waals surface area contributed by atoms with Gasteiger partial charge in [-0.3, -0.25) is 4.79 Å². The van der Waals surface area contributed by atoms with E-state index in [-0.39, 0.29) is 11.8 Å². The van der Waals surface area contributed by atoms with Crippen LogP contribution in [0.3, 0.4) is 0 Å². The molecule has 0 aromatic rings. The van der Waals surface area contributed by atoms with Crippen molar-refractivity contribution in [2.45, 2.75) is 52.9 Å². The fourth-order valence-corrected chi connectivity index (χ4v) is 1.86. The molecule has 0 bridgehead atoms. The van der Waals surface area contributed by atoms with Gasteiger partial charge in [0.25, 0.3) is 0 Å². The molecule has 0 aromatic heterocycles. The number of hydrogen-bond acceptors (Lipinski definition) is 1. The molecule has 1 aliphatic carbocycles. The van der Waals surface area contributed by atoms with Gasteiger partial charge in [0.05, 0.1) is 0 Å². The van der Waals surface area contributed by atoms with Gasteiger partial charge in [-0.15, -0.1) is 0 Å². The zero-order chi connectivity index (χ0) is 10.3. The van der Waals surface area contributed by atoms with E-state index in [4.69, 9.17) is 5.73 Å². The molecule has 0 saturated heterocycles. The van der Waals surface area contributed by atoms with Crippen molar-refractivity contribution >= 4 is 5.91 Å². The largest absolute Gasteiger partial charge is 0.369 e. The summed E-state index contributed by atoms with van der Waals surface area (Å²) in [4.78, 5) is 10.8. The van der Waals surface area contributed by atoms with Crippen molar-refractivity contribution in [1.29, 1.82) is 0 Å². The Bertz CT molecular complexity index is 137. The summed E-state index contributed by atoms with van der Waals surface area (Å²) in [6.07, 6.45) is 5.70. The molecule has 2 N–H and O–H groups in total. The lowest BCUT2D eigenvalue weighted by Crippen LogP contribution is -2.27. The van der Waals surface area contributed by atoms with Gasteiger partial charge in [-0.2, -0.15) is 0 Å². The molecule has 13 heavy (non-hydrogen) atoms. The Balaban J connectivity index is 0.000000671. The number of carbonyl (C=O) groups excluding carboxylic acids is 1. The fourth-order valence-electron chi connectivity index (χ4n) is 1.86. The Morgan fingerprint density at radius 1 is 1.23 bits per heavy atom. The van der Waals surface area contributed by atoms with Gasteiger partial charge in [0.1, 0.15) is 0 Å². The predicted molar refractivity (Wildman–Crippen MR) is 56.3 cm³/mol. The third-order valence-electron chi connectivity index (χ3n) is 2.83. The van der Waals surface area contributed by atoms with Crippen LogP contribution < -0.4 is 5.73 Å². The zero-order valence-electron chi connectivity index (χ0n) is 9.18. The Morgan fingerprint density at radius 2 is 1.69 bits per heavy atom. The number of hydrogen-bond donors (Lipinski definition) is 1. The highest BCUT2D eigenvalue weighted by Crippen LogP contribution is 2.30. The lowest BCUT2D eigenvalue weighted by molar-refractivity contribution is -0.122. The van der Waals surface area contributed by atoms with Crippen LogP contribution in [0.1, 0.15) is 52.9 Å². The molecule has 78 valence electrons. The molecule has 2 nitrogen and oxygen atoms in total. The number of nitrogens with two attached hydrogens (primary N) is 1. The second-order valence-corrected chi connectivity index (χ2v) is 3.53. The standard InChI is InChI=1S/C9H17NO.C2H6/c1-2-7-3-5-8(6-4-7)9(10)11;1-2/h7-8H,2-6H2,1H3,(H2,10,11);1-2H3. The molecule has 0 heterocycles.